The smallest absolute Gasteiger partial charge is 0.229 e. The molecule has 0 aliphatic carbocycles. The van der Waals surface area contributed by atoms with Gasteiger partial charge in [-0.25, -0.2) is 4.68 Å². The van der Waals surface area contributed by atoms with Crippen LogP contribution in [0.5, 0.6) is 0 Å². The van der Waals surface area contributed by atoms with Crippen LogP contribution in [0.4, 0.5) is 11.5 Å². The van der Waals surface area contributed by atoms with Crippen LogP contribution in [0.2, 0.25) is 0 Å². The number of nitrogens with one attached hydrogen (secondary N) is 2. The fraction of sp³-hybridized carbons (Fsp3) is 0.636. The molecule has 0 bridgehead atoms. The van der Waals surface area contributed by atoms with Gasteiger partial charge in [0.1, 0.15) is 11.5 Å². The fourth-order valence-electron chi connectivity index (χ4n) is 2.01. The monoisotopic (exact) mass is 222 g/mol. The number of aromatic nitrogens is 2. The minimum atomic E-state index is 0.0390. The Hall–Kier alpha value is -1.52. The average molecular weight is 222 g/mol. The second-order valence-corrected chi connectivity index (χ2v) is 4.10. The maximum Gasteiger partial charge on any atom is 0.229 e. The molecule has 0 saturated carbocycles. The van der Waals surface area contributed by atoms with E-state index >= 15 is 0 Å². The van der Waals surface area contributed by atoms with Crippen molar-refractivity contribution in [2.75, 3.05) is 17.2 Å². The van der Waals surface area contributed by atoms with E-state index in [9.17, 15) is 4.79 Å². The van der Waals surface area contributed by atoms with Crippen molar-refractivity contribution in [2.45, 2.75) is 33.7 Å². The topological polar surface area (TPSA) is 59.0 Å². The third-order valence-corrected chi connectivity index (χ3v) is 3.05. The van der Waals surface area contributed by atoms with E-state index in [0.29, 0.717) is 6.54 Å². The Balaban J connectivity index is 2.37. The third-order valence-electron chi connectivity index (χ3n) is 3.05. The molecule has 0 aromatic carbocycles. The molecule has 0 fully saturated rings. The number of hydrogen-bond donors (Lipinski definition) is 2. The van der Waals surface area contributed by atoms with E-state index in [1.807, 2.05) is 25.5 Å². The minimum Gasteiger partial charge on any atom is -0.368 e. The van der Waals surface area contributed by atoms with E-state index in [-0.39, 0.29) is 11.8 Å². The molecule has 1 aliphatic heterocycles. The first kappa shape index (κ1) is 11.0. The average Bonchev–Trinajstić information content (AvgIpc) is 2.47. The van der Waals surface area contributed by atoms with Crippen LogP contribution >= 0.6 is 0 Å². The van der Waals surface area contributed by atoms with Crippen LogP contribution in [0.1, 0.15) is 26.0 Å². The zero-order valence-corrected chi connectivity index (χ0v) is 10.0. The van der Waals surface area contributed by atoms with Gasteiger partial charge in [0.15, 0.2) is 0 Å². The standard InChI is InChI=1S/C11H18N4O/c1-4-8-6-12-10-9(13-11(8)16)7(3)14-15(10)5-2/h8,12H,4-6H2,1-3H3,(H,13,16). The fourth-order valence-corrected chi connectivity index (χ4v) is 2.01. The van der Waals surface area contributed by atoms with Gasteiger partial charge in [-0.3, -0.25) is 4.79 Å². The van der Waals surface area contributed by atoms with E-state index in [2.05, 4.69) is 15.7 Å². The van der Waals surface area contributed by atoms with Gasteiger partial charge >= 0.3 is 0 Å². The highest BCUT2D eigenvalue weighted by molar-refractivity contribution is 5.97. The lowest BCUT2D eigenvalue weighted by molar-refractivity contribution is -0.119. The molecule has 2 rings (SSSR count). The van der Waals surface area contributed by atoms with Gasteiger partial charge in [-0.05, 0) is 20.3 Å². The van der Waals surface area contributed by atoms with Crippen molar-refractivity contribution in [1.82, 2.24) is 9.78 Å². The van der Waals surface area contributed by atoms with Crippen LogP contribution in [0.3, 0.4) is 0 Å². The first-order chi connectivity index (χ1) is 7.67. The van der Waals surface area contributed by atoms with Crippen LogP contribution in [-0.2, 0) is 11.3 Å². The summed E-state index contributed by atoms with van der Waals surface area (Å²) in [5.41, 5.74) is 1.71. The van der Waals surface area contributed by atoms with E-state index < -0.39 is 0 Å². The number of anilines is 2. The maximum absolute atomic E-state index is 11.9. The first-order valence-corrected chi connectivity index (χ1v) is 5.79. The Bertz CT molecular complexity index is 410. The predicted octanol–water partition coefficient (Wildman–Crippen LogP) is 1.60. The van der Waals surface area contributed by atoms with Gasteiger partial charge in [-0.15, -0.1) is 0 Å². The highest BCUT2D eigenvalue weighted by Gasteiger charge is 2.25. The van der Waals surface area contributed by atoms with Crippen molar-refractivity contribution in [2.24, 2.45) is 5.92 Å². The van der Waals surface area contributed by atoms with Crippen LogP contribution in [0, 0.1) is 12.8 Å². The molecule has 1 aliphatic rings. The maximum atomic E-state index is 11.9. The van der Waals surface area contributed by atoms with Crippen molar-refractivity contribution in [3.63, 3.8) is 0 Å². The first-order valence-electron chi connectivity index (χ1n) is 5.79. The molecular weight excluding hydrogens is 204 g/mol. The minimum absolute atomic E-state index is 0.0390. The molecule has 88 valence electrons. The number of nitrogens with zero attached hydrogens (tertiary/aromatic N) is 2. The molecular formula is C11H18N4O. The Morgan fingerprint density at radius 3 is 2.88 bits per heavy atom. The summed E-state index contributed by atoms with van der Waals surface area (Å²) in [4.78, 5) is 11.9. The Morgan fingerprint density at radius 2 is 2.25 bits per heavy atom. The van der Waals surface area contributed by atoms with Crippen molar-refractivity contribution in [3.05, 3.63) is 5.69 Å². The largest absolute Gasteiger partial charge is 0.368 e. The summed E-state index contributed by atoms with van der Waals surface area (Å²) in [5, 5.41) is 10.7. The van der Waals surface area contributed by atoms with Gasteiger partial charge in [0.2, 0.25) is 5.91 Å². The highest BCUT2D eigenvalue weighted by Crippen LogP contribution is 2.29. The van der Waals surface area contributed by atoms with Crippen LogP contribution in [0.25, 0.3) is 0 Å². The molecule has 1 unspecified atom stereocenters. The van der Waals surface area contributed by atoms with Crippen LogP contribution < -0.4 is 10.6 Å². The van der Waals surface area contributed by atoms with E-state index in [4.69, 9.17) is 0 Å². The highest BCUT2D eigenvalue weighted by atomic mass is 16.2. The molecule has 1 amide bonds. The number of fused-ring (bicyclic) bond motifs is 1. The van der Waals surface area contributed by atoms with Gasteiger partial charge in [-0.1, -0.05) is 6.92 Å². The zero-order chi connectivity index (χ0) is 11.7. The summed E-state index contributed by atoms with van der Waals surface area (Å²) >= 11 is 0. The van der Waals surface area contributed by atoms with Crippen LogP contribution in [0.15, 0.2) is 0 Å². The normalized spacial score (nSPS) is 19.7. The number of rotatable bonds is 2. The lowest BCUT2D eigenvalue weighted by Gasteiger charge is -2.10. The third kappa shape index (κ3) is 1.66. The van der Waals surface area contributed by atoms with E-state index in [1.54, 1.807) is 0 Å². The van der Waals surface area contributed by atoms with Crippen molar-refractivity contribution in [1.29, 1.82) is 0 Å². The molecule has 16 heavy (non-hydrogen) atoms. The second kappa shape index (κ2) is 4.15. The predicted molar refractivity (Wildman–Crippen MR) is 63.5 cm³/mol. The van der Waals surface area contributed by atoms with Crippen LogP contribution in [-0.4, -0.2) is 22.2 Å². The molecule has 1 aromatic heterocycles. The lowest BCUT2D eigenvalue weighted by Crippen LogP contribution is -2.25. The summed E-state index contributed by atoms with van der Waals surface area (Å²) in [6, 6.07) is 0. The Labute approximate surface area is 95.2 Å². The van der Waals surface area contributed by atoms with Gasteiger partial charge in [0, 0.05) is 13.1 Å². The molecule has 1 atom stereocenters. The van der Waals surface area contributed by atoms with Gasteiger partial charge in [0.25, 0.3) is 0 Å². The molecule has 5 nitrogen and oxygen atoms in total. The number of hydrogen-bond acceptors (Lipinski definition) is 3. The molecule has 0 spiro atoms. The van der Waals surface area contributed by atoms with E-state index in [1.165, 1.54) is 0 Å². The number of carbonyl (C=O) groups is 1. The second-order valence-electron chi connectivity index (χ2n) is 4.10. The molecule has 1 aromatic rings. The van der Waals surface area contributed by atoms with E-state index in [0.717, 1.165) is 30.2 Å². The zero-order valence-electron chi connectivity index (χ0n) is 10.0. The molecule has 0 radical (unpaired) electrons. The summed E-state index contributed by atoms with van der Waals surface area (Å²) in [6.45, 7) is 7.47. The van der Waals surface area contributed by atoms with Crippen molar-refractivity contribution >= 4 is 17.4 Å². The lowest BCUT2D eigenvalue weighted by atomic mass is 10.1. The van der Waals surface area contributed by atoms with Gasteiger partial charge in [-0.2, -0.15) is 5.10 Å². The van der Waals surface area contributed by atoms with Crippen molar-refractivity contribution < 1.29 is 4.79 Å². The summed E-state index contributed by atoms with van der Waals surface area (Å²) in [6.07, 6.45) is 0.849. The summed E-state index contributed by atoms with van der Waals surface area (Å²) < 4.78 is 1.89. The number of carbonyl (C=O) groups excluding carboxylic acids is 1. The molecule has 0 saturated heterocycles. The summed E-state index contributed by atoms with van der Waals surface area (Å²) in [5.74, 6) is 1.06. The molecule has 5 heteroatoms. The SMILES string of the molecule is CCC1CNc2c(c(C)nn2CC)NC1=O. The van der Waals surface area contributed by atoms with Gasteiger partial charge < -0.3 is 10.6 Å². The van der Waals surface area contributed by atoms with Gasteiger partial charge in [0.05, 0.1) is 11.6 Å². The Kier molecular flexibility index (Phi) is 2.85. The number of aryl methyl sites for hydroxylation is 2. The molecule has 2 N–H and O–H groups in total. The number of amides is 1. The molecule has 2 heterocycles. The quantitative estimate of drug-likeness (QED) is 0.799. The van der Waals surface area contributed by atoms with Crippen molar-refractivity contribution in [3.8, 4) is 0 Å². The Morgan fingerprint density at radius 1 is 1.50 bits per heavy atom. The summed E-state index contributed by atoms with van der Waals surface area (Å²) in [7, 11) is 0.